The smallest absolute Gasteiger partial charge is 0.299 e. The predicted octanol–water partition coefficient (Wildman–Crippen LogP) is 4.57. The quantitative estimate of drug-likeness (QED) is 0.490. The molecule has 0 spiro atoms. The molecule has 0 saturated heterocycles. The molecule has 184 valence electrons. The van der Waals surface area contributed by atoms with Crippen LogP contribution < -0.4 is 10.2 Å². The molecule has 1 aliphatic carbocycles. The fourth-order valence-corrected chi connectivity index (χ4v) is 4.77. The molecule has 1 N–H and O–H groups in total. The van der Waals surface area contributed by atoms with E-state index in [1.54, 1.807) is 33.2 Å². The van der Waals surface area contributed by atoms with Crippen molar-refractivity contribution in [1.82, 2.24) is 10.3 Å². The number of nitrogens with one attached hydrogen (secondary N) is 1. The summed E-state index contributed by atoms with van der Waals surface area (Å²) in [7, 11) is 1.60. The van der Waals surface area contributed by atoms with Gasteiger partial charge >= 0.3 is 0 Å². The first-order valence-corrected chi connectivity index (χ1v) is 12.4. The molecule has 7 nitrogen and oxygen atoms in total. The maximum Gasteiger partial charge on any atom is 0.299 e. The van der Waals surface area contributed by atoms with E-state index in [2.05, 4.69) is 27.4 Å². The molecule has 1 aromatic carbocycles. The number of nitrogens with zero attached hydrogens (tertiary/aromatic N) is 3. The monoisotopic (exact) mass is 474 g/mol. The number of anilines is 1. The summed E-state index contributed by atoms with van der Waals surface area (Å²) in [5, 5.41) is 2.77. The number of amides is 2. The van der Waals surface area contributed by atoms with Crippen molar-refractivity contribution in [2.24, 2.45) is 10.9 Å². The van der Waals surface area contributed by atoms with Crippen LogP contribution in [-0.2, 0) is 9.59 Å². The highest BCUT2D eigenvalue weighted by molar-refractivity contribution is 6.48. The van der Waals surface area contributed by atoms with Gasteiger partial charge in [0.25, 0.3) is 17.6 Å². The number of aryl methyl sites for hydroxylation is 1. The Morgan fingerprint density at radius 2 is 1.77 bits per heavy atom. The third-order valence-electron chi connectivity index (χ3n) is 7.51. The molecule has 1 aromatic heterocycles. The minimum absolute atomic E-state index is 0.0473. The number of amidine groups is 1. The van der Waals surface area contributed by atoms with Gasteiger partial charge in [0.15, 0.2) is 5.84 Å². The highest BCUT2D eigenvalue weighted by atomic mass is 16.2. The molecule has 0 bridgehead atoms. The summed E-state index contributed by atoms with van der Waals surface area (Å²) in [6.45, 7) is 7.39. The number of aliphatic imine (C=N–C) groups is 1. The Hall–Kier alpha value is -3.35. The van der Waals surface area contributed by atoms with Crippen molar-refractivity contribution in [2.75, 3.05) is 11.9 Å². The zero-order valence-corrected chi connectivity index (χ0v) is 21.2. The molecule has 2 aliphatic rings. The standard InChI is InChI=1S/C28H34N4O3/c1-17(2)28(4)27(35)30-25(31-28)23-22(15-18(3)16-29-23)24(33)26(34)32(5)21-13-11-20(12-14-21)19-9-7-6-8-10-19/h11-17,19H,6-10H2,1-5H3,(H,30,31,35). The Bertz CT molecular complexity index is 1180. The fourth-order valence-electron chi connectivity index (χ4n) is 4.77. The first-order valence-electron chi connectivity index (χ1n) is 12.4. The zero-order valence-electron chi connectivity index (χ0n) is 21.2. The molecule has 2 heterocycles. The number of Topliss-reactive ketones (excluding diaryl/α,β-unsaturated/α-hetero) is 1. The molecule has 1 unspecified atom stereocenters. The first kappa shape index (κ1) is 24.8. The maximum atomic E-state index is 13.4. The van der Waals surface area contributed by atoms with E-state index in [1.165, 1.54) is 42.6 Å². The number of rotatable bonds is 6. The van der Waals surface area contributed by atoms with Crippen LogP contribution in [0.3, 0.4) is 0 Å². The van der Waals surface area contributed by atoms with E-state index in [0.717, 1.165) is 5.56 Å². The van der Waals surface area contributed by atoms with E-state index in [9.17, 15) is 14.4 Å². The Morgan fingerprint density at radius 3 is 2.37 bits per heavy atom. The number of carbonyl (C=O) groups is 3. The Balaban J connectivity index is 1.59. The highest BCUT2D eigenvalue weighted by Crippen LogP contribution is 2.33. The average molecular weight is 475 g/mol. The van der Waals surface area contributed by atoms with E-state index in [0.29, 0.717) is 11.6 Å². The van der Waals surface area contributed by atoms with Gasteiger partial charge in [-0.2, -0.15) is 0 Å². The molecular weight excluding hydrogens is 440 g/mol. The first-order chi connectivity index (χ1) is 16.6. The molecule has 0 radical (unpaired) electrons. The van der Waals surface area contributed by atoms with Crippen molar-refractivity contribution < 1.29 is 14.4 Å². The van der Waals surface area contributed by atoms with Crippen LogP contribution in [0.1, 0.15) is 86.0 Å². The second-order valence-corrected chi connectivity index (χ2v) is 10.2. The van der Waals surface area contributed by atoms with Crippen molar-refractivity contribution in [1.29, 1.82) is 0 Å². The molecule has 35 heavy (non-hydrogen) atoms. The van der Waals surface area contributed by atoms with Crippen molar-refractivity contribution in [3.8, 4) is 0 Å². The third-order valence-corrected chi connectivity index (χ3v) is 7.51. The van der Waals surface area contributed by atoms with Crippen LogP contribution >= 0.6 is 0 Å². The van der Waals surface area contributed by atoms with Crippen LogP contribution in [0, 0.1) is 12.8 Å². The van der Waals surface area contributed by atoms with Crippen LogP contribution in [0.15, 0.2) is 41.5 Å². The topological polar surface area (TPSA) is 91.7 Å². The van der Waals surface area contributed by atoms with Gasteiger partial charge in [-0.05, 0) is 67.9 Å². The number of hydrogen-bond acceptors (Lipinski definition) is 5. The second-order valence-electron chi connectivity index (χ2n) is 10.2. The number of likely N-dealkylation sites (N-methyl/N-ethyl adjacent to an activating group) is 1. The molecule has 1 saturated carbocycles. The summed E-state index contributed by atoms with van der Waals surface area (Å²) < 4.78 is 0. The van der Waals surface area contributed by atoms with E-state index in [-0.39, 0.29) is 28.9 Å². The lowest BCUT2D eigenvalue weighted by molar-refractivity contribution is -0.124. The molecule has 7 heteroatoms. The number of carbonyl (C=O) groups excluding carboxylic acids is 3. The number of ketones is 1. The lowest BCUT2D eigenvalue weighted by Crippen LogP contribution is -2.41. The van der Waals surface area contributed by atoms with Gasteiger partial charge in [0.2, 0.25) is 0 Å². The van der Waals surface area contributed by atoms with Gasteiger partial charge in [0, 0.05) is 18.9 Å². The largest absolute Gasteiger partial charge is 0.309 e. The minimum atomic E-state index is -0.955. The Morgan fingerprint density at radius 1 is 1.11 bits per heavy atom. The molecule has 1 aliphatic heterocycles. The van der Waals surface area contributed by atoms with Crippen LogP contribution in [0.5, 0.6) is 0 Å². The van der Waals surface area contributed by atoms with Crippen molar-refractivity contribution in [3.63, 3.8) is 0 Å². The summed E-state index contributed by atoms with van der Waals surface area (Å²) in [6, 6.07) is 9.56. The molecule has 1 atom stereocenters. The van der Waals surface area contributed by atoms with Crippen molar-refractivity contribution in [2.45, 2.75) is 71.3 Å². The van der Waals surface area contributed by atoms with Gasteiger partial charge in [0.1, 0.15) is 11.2 Å². The molecule has 1 fully saturated rings. The molecular formula is C28H34N4O3. The van der Waals surface area contributed by atoms with Gasteiger partial charge in [-0.1, -0.05) is 45.2 Å². The van der Waals surface area contributed by atoms with Gasteiger partial charge in [0.05, 0.1) is 5.56 Å². The Labute approximate surface area is 207 Å². The number of pyridine rings is 1. The summed E-state index contributed by atoms with van der Waals surface area (Å²) in [5.74, 6) is -0.855. The number of hydrogen-bond donors (Lipinski definition) is 1. The summed E-state index contributed by atoms with van der Waals surface area (Å²) >= 11 is 0. The van der Waals surface area contributed by atoms with Crippen molar-refractivity contribution in [3.05, 3.63) is 58.9 Å². The van der Waals surface area contributed by atoms with E-state index in [4.69, 9.17) is 0 Å². The van der Waals surface area contributed by atoms with Gasteiger partial charge < -0.3 is 10.2 Å². The number of benzene rings is 1. The van der Waals surface area contributed by atoms with Crippen LogP contribution in [-0.4, -0.2) is 41.0 Å². The molecule has 2 aromatic rings. The van der Waals surface area contributed by atoms with Gasteiger partial charge in [-0.3, -0.25) is 19.4 Å². The van der Waals surface area contributed by atoms with Gasteiger partial charge in [-0.25, -0.2) is 4.99 Å². The van der Waals surface area contributed by atoms with E-state index < -0.39 is 17.2 Å². The normalized spacial score (nSPS) is 20.5. The fraction of sp³-hybridized carbons (Fsp3) is 0.464. The van der Waals surface area contributed by atoms with Crippen LogP contribution in [0.25, 0.3) is 0 Å². The van der Waals surface area contributed by atoms with Crippen LogP contribution in [0.2, 0.25) is 0 Å². The van der Waals surface area contributed by atoms with E-state index >= 15 is 0 Å². The highest BCUT2D eigenvalue weighted by Gasteiger charge is 2.43. The lowest BCUT2D eigenvalue weighted by atomic mass is 9.84. The average Bonchev–Trinajstić information content (AvgIpc) is 3.18. The number of aromatic nitrogens is 1. The lowest BCUT2D eigenvalue weighted by Gasteiger charge is -2.23. The zero-order chi connectivity index (χ0) is 25.3. The molecule has 2 amide bonds. The van der Waals surface area contributed by atoms with Gasteiger partial charge in [-0.15, -0.1) is 0 Å². The summed E-state index contributed by atoms with van der Waals surface area (Å²) in [5.41, 5.74) is 2.07. The molecule has 4 rings (SSSR count). The summed E-state index contributed by atoms with van der Waals surface area (Å²) in [6.07, 6.45) is 7.82. The SMILES string of the molecule is Cc1cnc(C2=NC(C)(C(C)C)C(=O)N2)c(C(=O)C(=O)N(C)c2ccc(C3CCCCC3)cc2)c1. The summed E-state index contributed by atoms with van der Waals surface area (Å²) in [4.78, 5) is 49.6. The maximum absolute atomic E-state index is 13.4. The predicted molar refractivity (Wildman–Crippen MR) is 137 cm³/mol. The Kier molecular flexibility index (Phi) is 6.88. The third kappa shape index (κ3) is 4.77. The van der Waals surface area contributed by atoms with E-state index in [1.807, 2.05) is 26.0 Å². The minimum Gasteiger partial charge on any atom is -0.309 e. The van der Waals surface area contributed by atoms with Crippen molar-refractivity contribution >= 4 is 29.1 Å². The second kappa shape index (κ2) is 9.72. The van der Waals surface area contributed by atoms with Crippen LogP contribution in [0.4, 0.5) is 5.69 Å².